The van der Waals surface area contributed by atoms with E-state index in [4.69, 9.17) is 4.74 Å². The van der Waals surface area contributed by atoms with Crippen molar-refractivity contribution in [1.82, 2.24) is 0 Å². The third-order valence-electron chi connectivity index (χ3n) is 2.31. The lowest BCUT2D eigenvalue weighted by molar-refractivity contribution is 0.312. The van der Waals surface area contributed by atoms with Crippen molar-refractivity contribution >= 4 is 5.69 Å². The molecule has 0 aliphatic heterocycles. The molecule has 0 saturated carbocycles. The first-order valence-corrected chi connectivity index (χ1v) is 5.92. The van der Waals surface area contributed by atoms with Gasteiger partial charge < -0.3 is 10.1 Å². The number of anilines is 1. The minimum atomic E-state index is 0.779. The number of hydrogen-bond acceptors (Lipinski definition) is 2. The molecule has 88 valence electrons. The minimum Gasteiger partial charge on any atom is -0.494 e. The highest BCUT2D eigenvalue weighted by atomic mass is 16.5. The van der Waals surface area contributed by atoms with Crippen molar-refractivity contribution in [3.8, 4) is 5.75 Å². The number of ether oxygens (including phenoxy) is 1. The highest BCUT2D eigenvalue weighted by Crippen LogP contribution is 2.16. The van der Waals surface area contributed by atoms with E-state index in [1.807, 2.05) is 31.3 Å². The maximum atomic E-state index is 5.65. The second-order valence-corrected chi connectivity index (χ2v) is 3.65. The van der Waals surface area contributed by atoms with Gasteiger partial charge >= 0.3 is 0 Å². The van der Waals surface area contributed by atoms with E-state index in [-0.39, 0.29) is 0 Å². The minimum absolute atomic E-state index is 0.779. The van der Waals surface area contributed by atoms with Crippen LogP contribution in [0.5, 0.6) is 5.75 Å². The van der Waals surface area contributed by atoms with Crippen LogP contribution in [0.1, 0.15) is 26.2 Å². The molecule has 0 fully saturated rings. The lowest BCUT2D eigenvalue weighted by Crippen LogP contribution is -1.97. The molecular formula is C14H21NO. The Hall–Kier alpha value is -1.44. The molecule has 0 spiro atoms. The first kappa shape index (κ1) is 12.6. The van der Waals surface area contributed by atoms with Gasteiger partial charge in [0.15, 0.2) is 0 Å². The van der Waals surface area contributed by atoms with Gasteiger partial charge in [-0.25, -0.2) is 0 Å². The third-order valence-corrected chi connectivity index (χ3v) is 2.31. The molecular weight excluding hydrogens is 198 g/mol. The molecule has 0 heterocycles. The van der Waals surface area contributed by atoms with Gasteiger partial charge in [-0.05, 0) is 31.4 Å². The summed E-state index contributed by atoms with van der Waals surface area (Å²) < 4.78 is 5.65. The van der Waals surface area contributed by atoms with Gasteiger partial charge in [0.25, 0.3) is 0 Å². The van der Waals surface area contributed by atoms with Gasteiger partial charge in [0.05, 0.1) is 6.61 Å². The van der Waals surface area contributed by atoms with Crippen molar-refractivity contribution < 1.29 is 4.74 Å². The van der Waals surface area contributed by atoms with E-state index in [1.165, 1.54) is 0 Å². The van der Waals surface area contributed by atoms with E-state index >= 15 is 0 Å². The van der Waals surface area contributed by atoms with Crippen LogP contribution in [0.25, 0.3) is 0 Å². The largest absolute Gasteiger partial charge is 0.494 e. The summed E-state index contributed by atoms with van der Waals surface area (Å²) in [5, 5.41) is 3.09. The van der Waals surface area contributed by atoms with Crippen LogP contribution in [0.2, 0.25) is 0 Å². The topological polar surface area (TPSA) is 21.3 Å². The number of benzene rings is 1. The SMILES string of the molecule is CCC=CCCCOc1cccc(NC)c1. The molecule has 2 heteroatoms. The molecule has 0 amide bonds. The molecule has 1 aromatic carbocycles. The van der Waals surface area contributed by atoms with Crippen molar-refractivity contribution in [3.63, 3.8) is 0 Å². The average Bonchev–Trinajstić information content (AvgIpc) is 2.34. The molecule has 0 saturated heterocycles. The van der Waals surface area contributed by atoms with Crippen LogP contribution in [-0.4, -0.2) is 13.7 Å². The van der Waals surface area contributed by atoms with Crippen LogP contribution < -0.4 is 10.1 Å². The Morgan fingerprint density at radius 2 is 2.19 bits per heavy atom. The van der Waals surface area contributed by atoms with Crippen molar-refractivity contribution in [1.29, 1.82) is 0 Å². The number of allylic oxidation sites excluding steroid dienone is 2. The zero-order valence-electron chi connectivity index (χ0n) is 10.2. The molecule has 0 atom stereocenters. The van der Waals surface area contributed by atoms with Crippen molar-refractivity contribution in [2.75, 3.05) is 19.0 Å². The quantitative estimate of drug-likeness (QED) is 0.555. The summed E-state index contributed by atoms with van der Waals surface area (Å²) in [4.78, 5) is 0. The lowest BCUT2D eigenvalue weighted by atomic mass is 10.3. The fourth-order valence-corrected chi connectivity index (χ4v) is 1.42. The number of rotatable bonds is 7. The molecule has 0 aliphatic rings. The third kappa shape index (κ3) is 4.87. The maximum Gasteiger partial charge on any atom is 0.121 e. The van der Waals surface area contributed by atoms with Gasteiger partial charge in [0.2, 0.25) is 0 Å². The number of unbranched alkanes of at least 4 members (excludes halogenated alkanes) is 1. The van der Waals surface area contributed by atoms with E-state index in [0.29, 0.717) is 0 Å². The molecule has 0 radical (unpaired) electrons. The summed E-state index contributed by atoms with van der Waals surface area (Å²) in [6.07, 6.45) is 7.69. The molecule has 1 rings (SSSR count). The van der Waals surface area contributed by atoms with E-state index in [0.717, 1.165) is 37.3 Å². The lowest BCUT2D eigenvalue weighted by Gasteiger charge is -2.06. The molecule has 2 nitrogen and oxygen atoms in total. The van der Waals surface area contributed by atoms with Crippen molar-refractivity contribution in [3.05, 3.63) is 36.4 Å². The smallest absolute Gasteiger partial charge is 0.121 e. The van der Waals surface area contributed by atoms with Gasteiger partial charge in [-0.15, -0.1) is 0 Å². The number of hydrogen-bond donors (Lipinski definition) is 1. The van der Waals surface area contributed by atoms with Crippen LogP contribution in [0.15, 0.2) is 36.4 Å². The second kappa shape index (κ2) is 7.80. The molecule has 0 bridgehead atoms. The predicted octanol–water partition coefficient (Wildman–Crippen LogP) is 3.85. The van der Waals surface area contributed by atoms with Gasteiger partial charge in [0, 0.05) is 18.8 Å². The Labute approximate surface area is 98.3 Å². The van der Waals surface area contributed by atoms with Crippen molar-refractivity contribution in [2.24, 2.45) is 0 Å². The van der Waals surface area contributed by atoms with E-state index in [9.17, 15) is 0 Å². The maximum absolute atomic E-state index is 5.65. The summed E-state index contributed by atoms with van der Waals surface area (Å²) in [6, 6.07) is 8.03. The molecule has 1 aromatic rings. The summed E-state index contributed by atoms with van der Waals surface area (Å²) in [6.45, 7) is 2.93. The number of nitrogens with one attached hydrogen (secondary N) is 1. The van der Waals surface area contributed by atoms with E-state index in [1.54, 1.807) is 0 Å². The molecule has 0 unspecified atom stereocenters. The Morgan fingerprint density at radius 3 is 2.94 bits per heavy atom. The van der Waals surface area contributed by atoms with E-state index in [2.05, 4.69) is 24.4 Å². The normalized spacial score (nSPS) is 10.6. The fourth-order valence-electron chi connectivity index (χ4n) is 1.42. The second-order valence-electron chi connectivity index (χ2n) is 3.65. The summed E-state index contributed by atoms with van der Waals surface area (Å²) in [7, 11) is 1.91. The van der Waals surface area contributed by atoms with E-state index < -0.39 is 0 Å². The summed E-state index contributed by atoms with van der Waals surface area (Å²) in [5.41, 5.74) is 1.09. The Morgan fingerprint density at radius 1 is 1.31 bits per heavy atom. The van der Waals surface area contributed by atoms with Crippen LogP contribution in [-0.2, 0) is 0 Å². The van der Waals surface area contributed by atoms with Crippen LogP contribution >= 0.6 is 0 Å². The zero-order chi connectivity index (χ0) is 11.6. The monoisotopic (exact) mass is 219 g/mol. The Kier molecular flexibility index (Phi) is 6.16. The van der Waals surface area contributed by atoms with Gasteiger partial charge in [0.1, 0.15) is 5.75 Å². The highest BCUT2D eigenvalue weighted by molar-refractivity contribution is 5.47. The Balaban J connectivity index is 2.23. The van der Waals surface area contributed by atoms with Crippen LogP contribution in [0.3, 0.4) is 0 Å². The molecule has 0 aliphatic carbocycles. The van der Waals surface area contributed by atoms with Crippen molar-refractivity contribution in [2.45, 2.75) is 26.2 Å². The fraction of sp³-hybridized carbons (Fsp3) is 0.429. The summed E-state index contributed by atoms with van der Waals surface area (Å²) >= 11 is 0. The standard InChI is InChI=1S/C14H21NO/c1-3-4-5-6-7-11-16-14-10-8-9-13(12-14)15-2/h4-5,8-10,12,15H,3,6-7,11H2,1-2H3. The Bertz CT molecular complexity index is 320. The highest BCUT2D eigenvalue weighted by Gasteiger charge is 1.94. The van der Waals surface area contributed by atoms with Gasteiger partial charge in [-0.2, -0.15) is 0 Å². The predicted molar refractivity (Wildman–Crippen MR) is 70.1 cm³/mol. The molecule has 0 aromatic heterocycles. The van der Waals surface area contributed by atoms with Gasteiger partial charge in [-0.3, -0.25) is 0 Å². The summed E-state index contributed by atoms with van der Waals surface area (Å²) in [5.74, 6) is 0.936. The van der Waals surface area contributed by atoms with Crippen LogP contribution in [0, 0.1) is 0 Å². The molecule has 1 N–H and O–H groups in total. The van der Waals surface area contributed by atoms with Gasteiger partial charge in [-0.1, -0.05) is 25.1 Å². The average molecular weight is 219 g/mol. The molecule has 16 heavy (non-hydrogen) atoms. The first-order chi connectivity index (χ1) is 7.86. The first-order valence-electron chi connectivity index (χ1n) is 5.92. The van der Waals surface area contributed by atoms with Crippen LogP contribution in [0.4, 0.5) is 5.69 Å². The zero-order valence-corrected chi connectivity index (χ0v) is 10.2.